The van der Waals surface area contributed by atoms with Crippen molar-refractivity contribution in [3.63, 3.8) is 0 Å². The summed E-state index contributed by atoms with van der Waals surface area (Å²) in [5.41, 5.74) is 3.19. The summed E-state index contributed by atoms with van der Waals surface area (Å²) >= 11 is 0. The fraction of sp³-hybridized carbons (Fsp3) is 0.435. The second-order valence-corrected chi connectivity index (χ2v) is 7.75. The lowest BCUT2D eigenvalue weighted by atomic mass is 9.96. The zero-order chi connectivity index (χ0) is 18.4. The Morgan fingerprint density at radius 3 is 2.27 bits per heavy atom. The Morgan fingerprint density at radius 1 is 1.00 bits per heavy atom. The number of hydrogen-bond donors (Lipinski definition) is 1. The van der Waals surface area contributed by atoms with Crippen molar-refractivity contribution in [2.75, 3.05) is 13.1 Å². The number of nitrogens with zero attached hydrogens (tertiary/aromatic N) is 1. The second kappa shape index (κ2) is 9.00. The first kappa shape index (κ1) is 18.7. The van der Waals surface area contributed by atoms with Gasteiger partial charge >= 0.3 is 0 Å². The van der Waals surface area contributed by atoms with Crippen LogP contribution in [0.4, 0.5) is 0 Å². The zero-order valence-corrected chi connectivity index (χ0v) is 15.9. The molecule has 1 amide bonds. The third-order valence-corrected chi connectivity index (χ3v) is 5.04. The van der Waals surface area contributed by atoms with E-state index in [1.54, 1.807) is 0 Å². The van der Waals surface area contributed by atoms with Gasteiger partial charge in [-0.05, 0) is 61.5 Å². The summed E-state index contributed by atoms with van der Waals surface area (Å²) in [4.78, 5) is 15.2. The van der Waals surface area contributed by atoms with Gasteiger partial charge in [-0.2, -0.15) is 0 Å². The van der Waals surface area contributed by atoms with Crippen molar-refractivity contribution in [2.24, 2.45) is 5.92 Å². The van der Waals surface area contributed by atoms with Crippen molar-refractivity contribution in [1.82, 2.24) is 10.2 Å². The maximum Gasteiger partial charge on any atom is 0.251 e. The van der Waals surface area contributed by atoms with Crippen LogP contribution in [0.15, 0.2) is 54.6 Å². The molecule has 138 valence electrons. The maximum absolute atomic E-state index is 12.7. The van der Waals surface area contributed by atoms with Crippen molar-refractivity contribution >= 4 is 5.91 Å². The molecule has 1 atom stereocenters. The van der Waals surface area contributed by atoms with E-state index in [0.29, 0.717) is 5.92 Å². The number of benzene rings is 2. The number of amides is 1. The topological polar surface area (TPSA) is 32.3 Å². The highest BCUT2D eigenvalue weighted by molar-refractivity contribution is 5.94. The van der Waals surface area contributed by atoms with E-state index in [9.17, 15) is 4.79 Å². The Kier molecular flexibility index (Phi) is 6.45. The van der Waals surface area contributed by atoms with Gasteiger partial charge in [-0.15, -0.1) is 0 Å². The number of carbonyl (C=O) groups excluding carboxylic acids is 1. The van der Waals surface area contributed by atoms with Crippen LogP contribution in [0.25, 0.3) is 0 Å². The molecule has 0 saturated carbocycles. The summed E-state index contributed by atoms with van der Waals surface area (Å²) in [6.45, 7) is 7.75. The van der Waals surface area contributed by atoms with Gasteiger partial charge in [0.25, 0.3) is 5.91 Å². The van der Waals surface area contributed by atoms with E-state index in [1.165, 1.54) is 37.1 Å². The zero-order valence-electron chi connectivity index (χ0n) is 15.9. The van der Waals surface area contributed by atoms with Crippen LogP contribution in [0.5, 0.6) is 0 Å². The molecule has 0 radical (unpaired) electrons. The first-order valence-corrected chi connectivity index (χ1v) is 9.79. The average Bonchev–Trinajstić information content (AvgIpc) is 3.15. The molecule has 3 nitrogen and oxygen atoms in total. The quantitative estimate of drug-likeness (QED) is 0.778. The summed E-state index contributed by atoms with van der Waals surface area (Å²) in [5.74, 6) is 0.524. The van der Waals surface area contributed by atoms with E-state index in [0.717, 1.165) is 18.5 Å². The van der Waals surface area contributed by atoms with Gasteiger partial charge in [0.15, 0.2) is 0 Å². The Balaban J connectivity index is 1.65. The van der Waals surface area contributed by atoms with Crippen molar-refractivity contribution in [2.45, 2.75) is 45.7 Å². The third-order valence-electron chi connectivity index (χ3n) is 5.04. The summed E-state index contributed by atoms with van der Waals surface area (Å²) in [6.07, 6.45) is 3.54. The van der Waals surface area contributed by atoms with Gasteiger partial charge in [0.05, 0.1) is 6.04 Å². The highest BCUT2D eigenvalue weighted by Gasteiger charge is 2.17. The molecule has 3 heteroatoms. The SMILES string of the molecule is CC(C)C[C@@H](NC(=O)c1ccc(CN2CCCC2)cc1)c1ccccc1. The van der Waals surface area contributed by atoms with Crippen LogP contribution in [-0.4, -0.2) is 23.9 Å². The Morgan fingerprint density at radius 2 is 1.65 bits per heavy atom. The van der Waals surface area contributed by atoms with Gasteiger partial charge in [-0.3, -0.25) is 9.69 Å². The molecule has 26 heavy (non-hydrogen) atoms. The maximum atomic E-state index is 12.7. The largest absolute Gasteiger partial charge is 0.345 e. The second-order valence-electron chi connectivity index (χ2n) is 7.75. The minimum absolute atomic E-state index is 0.00669. The molecule has 0 bridgehead atoms. The fourth-order valence-corrected chi connectivity index (χ4v) is 3.64. The molecule has 2 aromatic carbocycles. The third kappa shape index (κ3) is 5.18. The number of rotatable bonds is 7. The van der Waals surface area contributed by atoms with Crippen LogP contribution >= 0.6 is 0 Å². The van der Waals surface area contributed by atoms with Crippen molar-refractivity contribution < 1.29 is 4.79 Å². The molecule has 0 aliphatic carbocycles. The van der Waals surface area contributed by atoms with E-state index in [1.807, 2.05) is 30.3 Å². The normalized spacial score (nSPS) is 16.0. The number of likely N-dealkylation sites (tertiary alicyclic amines) is 1. The fourth-order valence-electron chi connectivity index (χ4n) is 3.64. The van der Waals surface area contributed by atoms with E-state index >= 15 is 0 Å². The van der Waals surface area contributed by atoms with Gasteiger partial charge in [0.2, 0.25) is 0 Å². The van der Waals surface area contributed by atoms with Crippen LogP contribution < -0.4 is 5.32 Å². The molecule has 1 N–H and O–H groups in total. The lowest BCUT2D eigenvalue weighted by Gasteiger charge is -2.21. The van der Waals surface area contributed by atoms with E-state index in [4.69, 9.17) is 0 Å². The van der Waals surface area contributed by atoms with Gasteiger partial charge in [-0.25, -0.2) is 0 Å². The van der Waals surface area contributed by atoms with Crippen LogP contribution in [0, 0.1) is 5.92 Å². The van der Waals surface area contributed by atoms with E-state index in [2.05, 4.69) is 48.3 Å². The molecule has 0 unspecified atom stereocenters. The Bertz CT molecular complexity index is 688. The standard InChI is InChI=1S/C23H30N2O/c1-18(2)16-22(20-8-4-3-5-9-20)24-23(26)21-12-10-19(11-13-21)17-25-14-6-7-15-25/h3-5,8-13,18,22H,6-7,14-17H2,1-2H3,(H,24,26)/t22-/m1/s1. The van der Waals surface area contributed by atoms with Crippen molar-refractivity contribution in [3.8, 4) is 0 Å². The van der Waals surface area contributed by atoms with Crippen LogP contribution in [0.3, 0.4) is 0 Å². The molecule has 1 fully saturated rings. The van der Waals surface area contributed by atoms with Crippen molar-refractivity contribution in [3.05, 3.63) is 71.3 Å². The summed E-state index contributed by atoms with van der Waals surface area (Å²) < 4.78 is 0. The van der Waals surface area contributed by atoms with Gasteiger partial charge < -0.3 is 5.32 Å². The molecule has 2 aromatic rings. The number of nitrogens with one attached hydrogen (secondary N) is 1. The first-order valence-electron chi connectivity index (χ1n) is 9.79. The van der Waals surface area contributed by atoms with E-state index in [-0.39, 0.29) is 11.9 Å². The lowest BCUT2D eigenvalue weighted by Crippen LogP contribution is -2.29. The summed E-state index contributed by atoms with van der Waals surface area (Å²) in [7, 11) is 0. The predicted octanol–water partition coefficient (Wildman–Crippen LogP) is 4.80. The smallest absolute Gasteiger partial charge is 0.251 e. The number of carbonyl (C=O) groups is 1. The van der Waals surface area contributed by atoms with Crippen LogP contribution in [-0.2, 0) is 6.54 Å². The summed E-state index contributed by atoms with van der Waals surface area (Å²) in [6, 6.07) is 18.4. The summed E-state index contributed by atoms with van der Waals surface area (Å²) in [5, 5.41) is 3.22. The molecule has 1 heterocycles. The molecule has 1 aliphatic rings. The average molecular weight is 351 g/mol. The first-order chi connectivity index (χ1) is 12.6. The molecule has 3 rings (SSSR count). The van der Waals surface area contributed by atoms with Crippen LogP contribution in [0.2, 0.25) is 0 Å². The minimum Gasteiger partial charge on any atom is -0.345 e. The molecular weight excluding hydrogens is 320 g/mol. The van der Waals surface area contributed by atoms with E-state index < -0.39 is 0 Å². The Hall–Kier alpha value is -2.13. The highest BCUT2D eigenvalue weighted by atomic mass is 16.1. The monoisotopic (exact) mass is 350 g/mol. The molecule has 1 aliphatic heterocycles. The molecule has 0 aromatic heterocycles. The van der Waals surface area contributed by atoms with Gasteiger partial charge in [-0.1, -0.05) is 56.3 Å². The molecule has 0 spiro atoms. The van der Waals surface area contributed by atoms with Crippen molar-refractivity contribution in [1.29, 1.82) is 0 Å². The number of hydrogen-bond acceptors (Lipinski definition) is 2. The van der Waals surface area contributed by atoms with Gasteiger partial charge in [0.1, 0.15) is 0 Å². The van der Waals surface area contributed by atoms with Crippen LogP contribution in [0.1, 0.15) is 60.6 Å². The minimum atomic E-state index is 0.00669. The van der Waals surface area contributed by atoms with Gasteiger partial charge in [0, 0.05) is 12.1 Å². The molecule has 1 saturated heterocycles. The lowest BCUT2D eigenvalue weighted by molar-refractivity contribution is 0.0932. The highest BCUT2D eigenvalue weighted by Crippen LogP contribution is 2.22. The molecular formula is C23H30N2O. The predicted molar refractivity (Wildman–Crippen MR) is 107 cm³/mol. The Labute approximate surface area is 157 Å².